The molecule has 7 nitrogen and oxygen atoms in total. The first-order chi connectivity index (χ1) is 11.7. The van der Waals surface area contributed by atoms with Gasteiger partial charge < -0.3 is 19.5 Å². The Balaban J connectivity index is 1.83. The van der Waals surface area contributed by atoms with Gasteiger partial charge in [-0.3, -0.25) is 9.69 Å². The van der Waals surface area contributed by atoms with E-state index in [2.05, 4.69) is 5.32 Å². The fraction of sp³-hybridized carbons (Fsp3) is 0.667. The largest absolute Gasteiger partial charge is 0.468 e. The van der Waals surface area contributed by atoms with E-state index < -0.39 is 0 Å². The molecule has 0 bridgehead atoms. The summed E-state index contributed by atoms with van der Waals surface area (Å²) in [6.45, 7) is 8.51. The van der Waals surface area contributed by atoms with Crippen LogP contribution in [0.3, 0.4) is 0 Å². The average molecular weight is 350 g/mol. The number of hydrogen-bond acceptors (Lipinski definition) is 4. The summed E-state index contributed by atoms with van der Waals surface area (Å²) >= 11 is 0. The molecule has 1 aromatic rings. The molecule has 1 atom stereocenters. The second-order valence-electron chi connectivity index (χ2n) is 7.71. The lowest BCUT2D eigenvalue weighted by molar-refractivity contribution is -0.140. The highest BCUT2D eigenvalue weighted by Gasteiger charge is 2.31. The lowest BCUT2D eigenvalue weighted by atomic mass is 9.94. The molecule has 25 heavy (non-hydrogen) atoms. The lowest BCUT2D eigenvalue weighted by Crippen LogP contribution is -2.55. The first kappa shape index (κ1) is 19.3. The highest BCUT2D eigenvalue weighted by molar-refractivity contribution is 5.82. The normalized spacial score (nSPS) is 16.9. The second kappa shape index (κ2) is 7.91. The van der Waals surface area contributed by atoms with Crippen molar-refractivity contribution in [3.05, 3.63) is 24.2 Å². The van der Waals surface area contributed by atoms with Crippen LogP contribution >= 0.6 is 0 Å². The van der Waals surface area contributed by atoms with Gasteiger partial charge in [0.25, 0.3) is 0 Å². The first-order valence-corrected chi connectivity index (χ1v) is 8.72. The Morgan fingerprint density at radius 1 is 1.20 bits per heavy atom. The van der Waals surface area contributed by atoms with Crippen LogP contribution in [0.2, 0.25) is 0 Å². The van der Waals surface area contributed by atoms with E-state index >= 15 is 0 Å². The van der Waals surface area contributed by atoms with E-state index in [0.29, 0.717) is 32.7 Å². The van der Waals surface area contributed by atoms with Crippen LogP contribution in [0.15, 0.2) is 22.8 Å². The molecule has 0 aromatic carbocycles. The fourth-order valence-electron chi connectivity index (χ4n) is 2.90. The molecule has 2 heterocycles. The predicted molar refractivity (Wildman–Crippen MR) is 96.1 cm³/mol. The molecule has 1 aliphatic heterocycles. The maximum Gasteiger partial charge on any atom is 0.317 e. The zero-order valence-electron chi connectivity index (χ0n) is 15.9. The number of nitrogens with one attached hydrogen (secondary N) is 1. The summed E-state index contributed by atoms with van der Waals surface area (Å²) in [6.07, 6.45) is 1.64. The van der Waals surface area contributed by atoms with Gasteiger partial charge >= 0.3 is 6.03 Å². The molecule has 0 spiro atoms. The molecule has 1 saturated heterocycles. The summed E-state index contributed by atoms with van der Waals surface area (Å²) in [5.41, 5.74) is -0.383. The maximum atomic E-state index is 12.4. The predicted octanol–water partition coefficient (Wildman–Crippen LogP) is 1.78. The van der Waals surface area contributed by atoms with Crippen LogP contribution in [0.25, 0.3) is 0 Å². The van der Waals surface area contributed by atoms with E-state index in [-0.39, 0.29) is 23.4 Å². The van der Waals surface area contributed by atoms with Crippen LogP contribution in [-0.4, -0.2) is 73.5 Å². The molecule has 1 N–H and O–H groups in total. The van der Waals surface area contributed by atoms with Crippen molar-refractivity contribution in [3.8, 4) is 0 Å². The molecule has 0 aliphatic carbocycles. The number of hydrogen-bond donors (Lipinski definition) is 1. The SMILES string of the molecule is CN(C)C(CNC(=O)N1CCN(C(=O)C(C)(C)C)CC1)c1ccco1. The van der Waals surface area contributed by atoms with E-state index in [4.69, 9.17) is 4.42 Å². The van der Waals surface area contributed by atoms with Crippen LogP contribution in [0.5, 0.6) is 0 Å². The van der Waals surface area contributed by atoms with Gasteiger partial charge in [0.1, 0.15) is 5.76 Å². The van der Waals surface area contributed by atoms with E-state index in [0.717, 1.165) is 5.76 Å². The molecule has 7 heteroatoms. The van der Waals surface area contributed by atoms with Crippen LogP contribution in [0.1, 0.15) is 32.6 Å². The molecule has 3 amide bonds. The molecule has 140 valence electrons. The van der Waals surface area contributed by atoms with Gasteiger partial charge in [0.15, 0.2) is 0 Å². The number of piperazine rings is 1. The summed E-state index contributed by atoms with van der Waals surface area (Å²) in [5, 5.41) is 2.98. The van der Waals surface area contributed by atoms with Gasteiger partial charge in [-0.05, 0) is 26.2 Å². The maximum absolute atomic E-state index is 12.4. The fourth-order valence-corrected chi connectivity index (χ4v) is 2.90. The van der Waals surface area contributed by atoms with Crippen LogP contribution < -0.4 is 5.32 Å². The Kier molecular flexibility index (Phi) is 6.11. The highest BCUT2D eigenvalue weighted by atomic mass is 16.3. The standard InChI is InChI=1S/C18H30N4O3/c1-18(2,3)16(23)21-8-10-22(11-9-21)17(24)19-13-14(20(4)5)15-7-6-12-25-15/h6-7,12,14H,8-11,13H2,1-5H3,(H,19,24). The molecule has 0 saturated carbocycles. The number of likely N-dealkylation sites (N-methyl/N-ethyl adjacent to an activating group) is 1. The number of urea groups is 1. The molecule has 0 radical (unpaired) electrons. The molecular formula is C18H30N4O3. The average Bonchev–Trinajstić information content (AvgIpc) is 3.07. The van der Waals surface area contributed by atoms with E-state index in [1.165, 1.54) is 0 Å². The monoisotopic (exact) mass is 350 g/mol. The number of carbonyl (C=O) groups is 2. The molecule has 2 rings (SSSR count). The van der Waals surface area contributed by atoms with Gasteiger partial charge in [0, 0.05) is 38.1 Å². The highest BCUT2D eigenvalue weighted by Crippen LogP contribution is 2.19. The van der Waals surface area contributed by atoms with Gasteiger partial charge in [-0.2, -0.15) is 0 Å². The summed E-state index contributed by atoms with van der Waals surface area (Å²) in [4.78, 5) is 30.4. The summed E-state index contributed by atoms with van der Waals surface area (Å²) < 4.78 is 5.46. The third-order valence-corrected chi connectivity index (χ3v) is 4.44. The van der Waals surface area contributed by atoms with Gasteiger partial charge in [0.05, 0.1) is 12.3 Å². The second-order valence-corrected chi connectivity index (χ2v) is 7.71. The van der Waals surface area contributed by atoms with Crippen molar-refractivity contribution >= 4 is 11.9 Å². The minimum atomic E-state index is -0.383. The van der Waals surface area contributed by atoms with Gasteiger partial charge in [0.2, 0.25) is 5.91 Å². The number of carbonyl (C=O) groups excluding carboxylic acids is 2. The number of amides is 3. The minimum Gasteiger partial charge on any atom is -0.468 e. The minimum absolute atomic E-state index is 0.0114. The summed E-state index contributed by atoms with van der Waals surface area (Å²) in [7, 11) is 3.91. The van der Waals surface area contributed by atoms with E-state index in [9.17, 15) is 9.59 Å². The first-order valence-electron chi connectivity index (χ1n) is 8.72. The van der Waals surface area contributed by atoms with Crippen LogP contribution in [0.4, 0.5) is 4.79 Å². The zero-order chi connectivity index (χ0) is 18.6. The zero-order valence-corrected chi connectivity index (χ0v) is 15.9. The summed E-state index contributed by atoms with van der Waals surface area (Å²) in [5.74, 6) is 0.962. The van der Waals surface area contributed by atoms with Crippen LogP contribution in [-0.2, 0) is 4.79 Å². The van der Waals surface area contributed by atoms with Crippen molar-refractivity contribution in [3.63, 3.8) is 0 Å². The third-order valence-electron chi connectivity index (χ3n) is 4.44. The van der Waals surface area contributed by atoms with Crippen molar-refractivity contribution in [2.75, 3.05) is 46.8 Å². The van der Waals surface area contributed by atoms with Crippen molar-refractivity contribution in [2.45, 2.75) is 26.8 Å². The van der Waals surface area contributed by atoms with E-state index in [1.807, 2.05) is 56.8 Å². The third kappa shape index (κ3) is 4.98. The smallest absolute Gasteiger partial charge is 0.317 e. The van der Waals surface area contributed by atoms with Gasteiger partial charge in [-0.1, -0.05) is 20.8 Å². The molecule has 1 unspecified atom stereocenters. The Labute approximate surface area is 149 Å². The van der Waals surface area contributed by atoms with Crippen molar-refractivity contribution in [1.82, 2.24) is 20.0 Å². The Hall–Kier alpha value is -2.02. The number of nitrogens with zero attached hydrogens (tertiary/aromatic N) is 3. The molecule has 1 fully saturated rings. The van der Waals surface area contributed by atoms with Crippen molar-refractivity contribution in [2.24, 2.45) is 5.41 Å². The van der Waals surface area contributed by atoms with Crippen molar-refractivity contribution in [1.29, 1.82) is 0 Å². The number of rotatable bonds is 4. The Morgan fingerprint density at radius 2 is 1.80 bits per heavy atom. The molecule has 1 aromatic heterocycles. The molecular weight excluding hydrogens is 320 g/mol. The van der Waals surface area contributed by atoms with Gasteiger partial charge in [-0.15, -0.1) is 0 Å². The van der Waals surface area contributed by atoms with E-state index in [1.54, 1.807) is 11.2 Å². The lowest BCUT2D eigenvalue weighted by Gasteiger charge is -2.37. The Bertz CT molecular complexity index is 570. The van der Waals surface area contributed by atoms with Gasteiger partial charge in [-0.25, -0.2) is 4.79 Å². The topological polar surface area (TPSA) is 69.0 Å². The summed E-state index contributed by atoms with van der Waals surface area (Å²) in [6, 6.07) is 3.65. The Morgan fingerprint density at radius 3 is 2.28 bits per heavy atom. The van der Waals surface area contributed by atoms with Crippen molar-refractivity contribution < 1.29 is 14.0 Å². The number of furan rings is 1. The van der Waals surface area contributed by atoms with Crippen LogP contribution in [0, 0.1) is 5.41 Å². The quantitative estimate of drug-likeness (QED) is 0.899. The molecule has 1 aliphatic rings.